The fourth-order valence-corrected chi connectivity index (χ4v) is 3.35. The van der Waals surface area contributed by atoms with Gasteiger partial charge >= 0.3 is 0 Å². The highest BCUT2D eigenvalue weighted by molar-refractivity contribution is 5.81. The summed E-state index contributed by atoms with van der Waals surface area (Å²) in [6.45, 7) is 3.25. The molecule has 0 aromatic heterocycles. The summed E-state index contributed by atoms with van der Waals surface area (Å²) in [4.78, 5) is 6.75. The van der Waals surface area contributed by atoms with Crippen LogP contribution in [0.15, 0.2) is 4.99 Å². The minimum absolute atomic E-state index is 0.00475. The third-order valence-electron chi connectivity index (χ3n) is 4.47. The molecule has 2 heterocycles. The molecule has 0 radical (unpaired) electrons. The zero-order valence-corrected chi connectivity index (χ0v) is 11.1. The summed E-state index contributed by atoms with van der Waals surface area (Å²) in [5, 5.41) is 0. The maximum atomic E-state index is 6.09. The van der Waals surface area contributed by atoms with Gasteiger partial charge < -0.3 is 20.1 Å². The van der Waals surface area contributed by atoms with E-state index in [1.165, 1.54) is 12.8 Å². The Bertz CT molecular complexity index is 337. The third kappa shape index (κ3) is 1.99. The van der Waals surface area contributed by atoms with Gasteiger partial charge in [-0.15, -0.1) is 0 Å². The Kier molecular flexibility index (Phi) is 3.20. The van der Waals surface area contributed by atoms with Crippen LogP contribution in [-0.2, 0) is 9.47 Å². The molecular weight excluding hydrogens is 230 g/mol. The van der Waals surface area contributed by atoms with Gasteiger partial charge in [-0.05, 0) is 31.6 Å². The summed E-state index contributed by atoms with van der Waals surface area (Å²) < 4.78 is 11.2. The van der Waals surface area contributed by atoms with Gasteiger partial charge in [0.2, 0.25) is 0 Å². The van der Waals surface area contributed by atoms with E-state index < -0.39 is 0 Å². The highest BCUT2D eigenvalue weighted by Crippen LogP contribution is 2.45. The largest absolute Gasteiger partial charge is 0.382 e. The summed E-state index contributed by atoms with van der Waals surface area (Å²) in [6, 6.07) is 0. The van der Waals surface area contributed by atoms with Crippen molar-refractivity contribution in [3.8, 4) is 0 Å². The second-order valence-corrected chi connectivity index (χ2v) is 5.73. The van der Waals surface area contributed by atoms with Crippen LogP contribution in [0.2, 0.25) is 0 Å². The Hall–Kier alpha value is -0.810. The third-order valence-corrected chi connectivity index (χ3v) is 4.47. The molecule has 0 amide bonds. The van der Waals surface area contributed by atoms with Crippen molar-refractivity contribution in [2.24, 2.45) is 16.6 Å². The molecule has 5 heteroatoms. The molecular formula is C13H23N3O2. The molecule has 0 aromatic rings. The lowest BCUT2D eigenvalue weighted by Gasteiger charge is -2.40. The van der Waals surface area contributed by atoms with Crippen LogP contribution in [0, 0.1) is 5.92 Å². The maximum absolute atomic E-state index is 6.09. The molecule has 3 rings (SSSR count). The predicted molar refractivity (Wildman–Crippen MR) is 69.5 cm³/mol. The van der Waals surface area contributed by atoms with Crippen LogP contribution in [0.3, 0.4) is 0 Å². The van der Waals surface area contributed by atoms with Gasteiger partial charge in [0.05, 0.1) is 24.8 Å². The first-order chi connectivity index (χ1) is 8.76. The SMILES string of the molecule is COCC1(C2CC2)CN=C(N)N1CC1CCCO1. The molecule has 3 aliphatic rings. The standard InChI is InChI=1S/C13H23N3O2/c1-17-9-13(10-4-5-10)8-15-12(14)16(13)7-11-3-2-6-18-11/h10-11H,2-9H2,1H3,(H2,14,15). The van der Waals surface area contributed by atoms with Gasteiger partial charge in [-0.1, -0.05) is 0 Å². The second-order valence-electron chi connectivity index (χ2n) is 5.73. The molecule has 2 aliphatic heterocycles. The van der Waals surface area contributed by atoms with Gasteiger partial charge in [0.15, 0.2) is 5.96 Å². The van der Waals surface area contributed by atoms with Gasteiger partial charge in [-0.3, -0.25) is 4.99 Å². The van der Waals surface area contributed by atoms with E-state index in [1.807, 2.05) is 0 Å². The lowest BCUT2D eigenvalue weighted by molar-refractivity contribution is 0.0177. The van der Waals surface area contributed by atoms with Crippen LogP contribution >= 0.6 is 0 Å². The Morgan fingerprint density at radius 1 is 1.50 bits per heavy atom. The zero-order chi connectivity index (χ0) is 12.6. The molecule has 2 atom stereocenters. The van der Waals surface area contributed by atoms with Crippen molar-refractivity contribution in [1.82, 2.24) is 4.90 Å². The van der Waals surface area contributed by atoms with Crippen molar-refractivity contribution >= 4 is 5.96 Å². The van der Waals surface area contributed by atoms with Crippen molar-refractivity contribution in [1.29, 1.82) is 0 Å². The second kappa shape index (κ2) is 4.70. The van der Waals surface area contributed by atoms with Crippen LogP contribution < -0.4 is 5.73 Å². The zero-order valence-electron chi connectivity index (χ0n) is 11.1. The van der Waals surface area contributed by atoms with Crippen LogP contribution in [0.25, 0.3) is 0 Å². The number of nitrogens with zero attached hydrogens (tertiary/aromatic N) is 2. The lowest BCUT2D eigenvalue weighted by Crippen LogP contribution is -2.58. The number of hydrogen-bond acceptors (Lipinski definition) is 5. The Morgan fingerprint density at radius 3 is 2.94 bits per heavy atom. The van der Waals surface area contributed by atoms with Crippen LogP contribution in [0.1, 0.15) is 25.7 Å². The quantitative estimate of drug-likeness (QED) is 0.779. The molecule has 18 heavy (non-hydrogen) atoms. The van der Waals surface area contributed by atoms with E-state index in [2.05, 4.69) is 9.89 Å². The average Bonchev–Trinajstić information content (AvgIpc) is 3.02. The van der Waals surface area contributed by atoms with Crippen molar-refractivity contribution in [2.75, 3.05) is 33.4 Å². The molecule has 2 unspecified atom stereocenters. The lowest BCUT2D eigenvalue weighted by atomic mass is 9.92. The van der Waals surface area contributed by atoms with E-state index in [-0.39, 0.29) is 5.54 Å². The fourth-order valence-electron chi connectivity index (χ4n) is 3.35. The van der Waals surface area contributed by atoms with E-state index in [0.717, 1.165) is 32.5 Å². The van der Waals surface area contributed by atoms with E-state index in [4.69, 9.17) is 15.2 Å². The molecule has 102 valence electrons. The first kappa shape index (κ1) is 12.2. The Labute approximate surface area is 108 Å². The number of rotatable bonds is 5. The highest BCUT2D eigenvalue weighted by Gasteiger charge is 2.53. The Morgan fingerprint density at radius 2 is 2.33 bits per heavy atom. The topological polar surface area (TPSA) is 60.1 Å². The van der Waals surface area contributed by atoms with E-state index in [0.29, 0.717) is 24.6 Å². The van der Waals surface area contributed by atoms with Gasteiger partial charge in [0, 0.05) is 20.3 Å². The van der Waals surface area contributed by atoms with Crippen molar-refractivity contribution in [3.05, 3.63) is 0 Å². The van der Waals surface area contributed by atoms with E-state index >= 15 is 0 Å². The van der Waals surface area contributed by atoms with Gasteiger partial charge in [0.25, 0.3) is 0 Å². The number of ether oxygens (including phenoxy) is 2. The number of aliphatic imine (C=N–C) groups is 1. The molecule has 0 aromatic carbocycles. The first-order valence-electron chi connectivity index (χ1n) is 6.94. The first-order valence-corrected chi connectivity index (χ1v) is 6.94. The molecule has 1 aliphatic carbocycles. The predicted octanol–water partition coefficient (Wildman–Crippen LogP) is 0.591. The summed E-state index contributed by atoms with van der Waals surface area (Å²) in [5.41, 5.74) is 6.10. The van der Waals surface area contributed by atoms with Gasteiger partial charge in [-0.2, -0.15) is 0 Å². The minimum Gasteiger partial charge on any atom is -0.382 e. The molecule has 2 fully saturated rings. The van der Waals surface area contributed by atoms with Crippen molar-refractivity contribution in [3.63, 3.8) is 0 Å². The molecule has 1 saturated heterocycles. The van der Waals surface area contributed by atoms with E-state index in [9.17, 15) is 0 Å². The van der Waals surface area contributed by atoms with Crippen LogP contribution in [0.5, 0.6) is 0 Å². The number of guanidine groups is 1. The smallest absolute Gasteiger partial charge is 0.192 e. The van der Waals surface area contributed by atoms with Crippen molar-refractivity contribution in [2.45, 2.75) is 37.3 Å². The maximum Gasteiger partial charge on any atom is 0.192 e. The summed E-state index contributed by atoms with van der Waals surface area (Å²) in [7, 11) is 1.77. The molecule has 5 nitrogen and oxygen atoms in total. The van der Waals surface area contributed by atoms with Crippen LogP contribution in [-0.4, -0.2) is 55.9 Å². The number of nitrogens with two attached hydrogens (primary N) is 1. The highest BCUT2D eigenvalue weighted by atomic mass is 16.5. The average molecular weight is 253 g/mol. The number of hydrogen-bond donors (Lipinski definition) is 1. The summed E-state index contributed by atoms with van der Waals surface area (Å²) in [6.07, 6.45) is 5.16. The minimum atomic E-state index is 0.00475. The monoisotopic (exact) mass is 253 g/mol. The molecule has 2 N–H and O–H groups in total. The molecule has 0 spiro atoms. The molecule has 1 saturated carbocycles. The van der Waals surface area contributed by atoms with E-state index in [1.54, 1.807) is 7.11 Å². The molecule has 0 bridgehead atoms. The normalized spacial score (nSPS) is 36.2. The van der Waals surface area contributed by atoms with Crippen molar-refractivity contribution < 1.29 is 9.47 Å². The summed E-state index contributed by atoms with van der Waals surface area (Å²) >= 11 is 0. The summed E-state index contributed by atoms with van der Waals surface area (Å²) in [5.74, 6) is 1.36. The number of methoxy groups -OCH3 is 1. The van der Waals surface area contributed by atoms with Gasteiger partial charge in [-0.25, -0.2) is 0 Å². The van der Waals surface area contributed by atoms with Gasteiger partial charge in [0.1, 0.15) is 0 Å². The van der Waals surface area contributed by atoms with Crippen LogP contribution in [0.4, 0.5) is 0 Å². The Balaban J connectivity index is 1.75. The fraction of sp³-hybridized carbons (Fsp3) is 0.923.